The molecule has 0 aliphatic carbocycles. The number of nitrogens with zero attached hydrogens (tertiary/aromatic N) is 2. The first-order valence-corrected chi connectivity index (χ1v) is 8.75. The van der Waals surface area contributed by atoms with Crippen LogP contribution in [0.4, 0.5) is 5.82 Å². The molecule has 1 aromatic heterocycles. The van der Waals surface area contributed by atoms with Gasteiger partial charge in [0, 0.05) is 19.0 Å². The highest BCUT2D eigenvalue weighted by Gasteiger charge is 2.08. The lowest BCUT2D eigenvalue weighted by Crippen LogP contribution is -2.11. The summed E-state index contributed by atoms with van der Waals surface area (Å²) in [5.74, 6) is 3.48. The van der Waals surface area contributed by atoms with Crippen LogP contribution in [-0.2, 0) is 6.42 Å². The number of hydrogen-bond donors (Lipinski definition) is 1. The number of rotatable bonds is 11. The zero-order chi connectivity index (χ0) is 16.4. The van der Waals surface area contributed by atoms with Crippen molar-refractivity contribution in [3.8, 4) is 5.88 Å². The zero-order valence-corrected chi connectivity index (χ0v) is 15.0. The van der Waals surface area contributed by atoms with Crippen LogP contribution in [0.5, 0.6) is 5.88 Å². The molecule has 0 spiro atoms. The van der Waals surface area contributed by atoms with Gasteiger partial charge in [-0.3, -0.25) is 0 Å². The van der Waals surface area contributed by atoms with Crippen LogP contribution in [0.2, 0.25) is 0 Å². The predicted octanol–water partition coefficient (Wildman–Crippen LogP) is 4.70. The molecule has 0 saturated heterocycles. The monoisotopic (exact) mass is 307 g/mol. The van der Waals surface area contributed by atoms with Crippen molar-refractivity contribution < 1.29 is 4.74 Å². The molecule has 0 bridgehead atoms. The van der Waals surface area contributed by atoms with Gasteiger partial charge < -0.3 is 10.1 Å². The molecule has 0 radical (unpaired) electrons. The first kappa shape index (κ1) is 18.7. The summed E-state index contributed by atoms with van der Waals surface area (Å²) < 4.78 is 5.78. The Bertz CT molecular complexity index is 419. The van der Waals surface area contributed by atoms with Crippen LogP contribution in [0.15, 0.2) is 6.07 Å². The molecule has 1 aromatic rings. The quantitative estimate of drug-likeness (QED) is 0.602. The van der Waals surface area contributed by atoms with Gasteiger partial charge >= 0.3 is 0 Å². The Labute approximate surface area is 136 Å². The van der Waals surface area contributed by atoms with Crippen molar-refractivity contribution in [2.75, 3.05) is 18.5 Å². The summed E-state index contributed by atoms with van der Waals surface area (Å²) in [7, 11) is 0. The minimum Gasteiger partial charge on any atom is -0.477 e. The molecule has 126 valence electrons. The number of unbranched alkanes of at least 4 members (excludes halogenated alkanes) is 3. The molecule has 0 amide bonds. The fraction of sp³-hybridized carbons (Fsp3) is 0.778. The van der Waals surface area contributed by atoms with E-state index < -0.39 is 0 Å². The van der Waals surface area contributed by atoms with Crippen molar-refractivity contribution in [1.29, 1.82) is 0 Å². The standard InChI is InChI=1S/C18H33N3O/c1-6-7-8-9-10-19-16-12-18(22-13-15(4)5)21-17(20-16)11-14(2)3/h12,14-15H,6-11,13H2,1-5H3,(H,19,20,21). The second-order valence-electron chi connectivity index (χ2n) is 6.80. The van der Waals surface area contributed by atoms with Gasteiger partial charge in [0.1, 0.15) is 11.6 Å². The maximum Gasteiger partial charge on any atom is 0.218 e. The molecule has 22 heavy (non-hydrogen) atoms. The zero-order valence-electron chi connectivity index (χ0n) is 15.0. The second-order valence-corrected chi connectivity index (χ2v) is 6.80. The normalized spacial score (nSPS) is 11.2. The van der Waals surface area contributed by atoms with E-state index in [1.54, 1.807) is 0 Å². The Kier molecular flexibility index (Phi) is 8.86. The lowest BCUT2D eigenvalue weighted by molar-refractivity contribution is 0.260. The average Bonchev–Trinajstić information content (AvgIpc) is 2.44. The van der Waals surface area contributed by atoms with Crippen molar-refractivity contribution >= 4 is 5.82 Å². The third-order valence-corrected chi connectivity index (χ3v) is 3.24. The number of nitrogens with one attached hydrogen (secondary N) is 1. The molecule has 4 nitrogen and oxygen atoms in total. The molecule has 0 atom stereocenters. The molecular weight excluding hydrogens is 274 g/mol. The molecule has 1 rings (SSSR count). The summed E-state index contributed by atoms with van der Waals surface area (Å²) in [6.07, 6.45) is 5.89. The van der Waals surface area contributed by atoms with Gasteiger partial charge in [-0.15, -0.1) is 0 Å². The van der Waals surface area contributed by atoms with Crippen molar-refractivity contribution in [1.82, 2.24) is 9.97 Å². The van der Waals surface area contributed by atoms with E-state index in [1.165, 1.54) is 25.7 Å². The summed E-state index contributed by atoms with van der Waals surface area (Å²) in [5, 5.41) is 3.41. The molecule has 4 heteroatoms. The van der Waals surface area contributed by atoms with Gasteiger partial charge in [0.15, 0.2) is 0 Å². The van der Waals surface area contributed by atoms with Crippen LogP contribution in [0.1, 0.15) is 66.1 Å². The van der Waals surface area contributed by atoms with Crippen LogP contribution < -0.4 is 10.1 Å². The Hall–Kier alpha value is -1.32. The van der Waals surface area contributed by atoms with Crippen LogP contribution in [0, 0.1) is 11.8 Å². The number of hydrogen-bond acceptors (Lipinski definition) is 4. The SMILES string of the molecule is CCCCCCNc1cc(OCC(C)C)nc(CC(C)C)n1. The average molecular weight is 307 g/mol. The summed E-state index contributed by atoms with van der Waals surface area (Å²) >= 11 is 0. The summed E-state index contributed by atoms with van der Waals surface area (Å²) in [4.78, 5) is 9.15. The lowest BCUT2D eigenvalue weighted by Gasteiger charge is -2.13. The Balaban J connectivity index is 2.65. The first-order valence-electron chi connectivity index (χ1n) is 8.75. The van der Waals surface area contributed by atoms with Gasteiger partial charge in [-0.05, 0) is 18.3 Å². The Morgan fingerprint density at radius 1 is 1.05 bits per heavy atom. The maximum absolute atomic E-state index is 5.78. The lowest BCUT2D eigenvalue weighted by atomic mass is 10.1. The largest absolute Gasteiger partial charge is 0.477 e. The van der Waals surface area contributed by atoms with Gasteiger partial charge in [-0.2, -0.15) is 4.98 Å². The highest BCUT2D eigenvalue weighted by molar-refractivity contribution is 5.38. The third-order valence-electron chi connectivity index (χ3n) is 3.24. The number of ether oxygens (including phenoxy) is 1. The predicted molar refractivity (Wildman–Crippen MR) is 93.5 cm³/mol. The minimum absolute atomic E-state index is 0.494. The fourth-order valence-electron chi connectivity index (χ4n) is 2.11. The third kappa shape index (κ3) is 8.20. The summed E-state index contributed by atoms with van der Waals surface area (Å²) in [6.45, 7) is 12.5. The molecule has 0 aliphatic heterocycles. The molecule has 0 aromatic carbocycles. The van der Waals surface area contributed by atoms with Crippen LogP contribution in [-0.4, -0.2) is 23.1 Å². The van der Waals surface area contributed by atoms with E-state index in [0.717, 1.165) is 24.6 Å². The minimum atomic E-state index is 0.494. The van der Waals surface area contributed by atoms with Crippen molar-refractivity contribution in [2.24, 2.45) is 11.8 Å². The van der Waals surface area contributed by atoms with E-state index in [1.807, 2.05) is 6.07 Å². The van der Waals surface area contributed by atoms with Gasteiger partial charge in [0.2, 0.25) is 5.88 Å². The number of anilines is 1. The molecule has 0 fully saturated rings. The number of aromatic nitrogens is 2. The van der Waals surface area contributed by atoms with Gasteiger partial charge in [-0.1, -0.05) is 53.9 Å². The molecule has 1 N–H and O–H groups in total. The molecule has 0 aliphatic rings. The van der Waals surface area contributed by atoms with Crippen molar-refractivity contribution in [3.63, 3.8) is 0 Å². The first-order chi connectivity index (χ1) is 10.5. The smallest absolute Gasteiger partial charge is 0.218 e. The van der Waals surface area contributed by atoms with Crippen LogP contribution >= 0.6 is 0 Å². The van der Waals surface area contributed by atoms with E-state index in [-0.39, 0.29) is 0 Å². The molecular formula is C18H33N3O. The summed E-state index contributed by atoms with van der Waals surface area (Å²) in [6, 6.07) is 1.92. The van der Waals surface area contributed by atoms with Gasteiger partial charge in [0.05, 0.1) is 6.61 Å². The van der Waals surface area contributed by atoms with Gasteiger partial charge in [0.25, 0.3) is 0 Å². The summed E-state index contributed by atoms with van der Waals surface area (Å²) in [5.41, 5.74) is 0. The van der Waals surface area contributed by atoms with Gasteiger partial charge in [-0.25, -0.2) is 4.98 Å². The highest BCUT2D eigenvalue weighted by atomic mass is 16.5. The van der Waals surface area contributed by atoms with Crippen molar-refractivity contribution in [3.05, 3.63) is 11.9 Å². The van der Waals surface area contributed by atoms with E-state index >= 15 is 0 Å². The highest BCUT2D eigenvalue weighted by Crippen LogP contribution is 2.17. The van der Waals surface area contributed by atoms with Crippen LogP contribution in [0.25, 0.3) is 0 Å². The van der Waals surface area contributed by atoms with E-state index in [9.17, 15) is 0 Å². The molecule has 0 unspecified atom stereocenters. The topological polar surface area (TPSA) is 47.0 Å². The van der Waals surface area contributed by atoms with E-state index in [2.05, 4.69) is 49.9 Å². The van der Waals surface area contributed by atoms with Crippen LogP contribution in [0.3, 0.4) is 0 Å². The Morgan fingerprint density at radius 2 is 1.82 bits per heavy atom. The maximum atomic E-state index is 5.78. The molecule has 0 saturated carbocycles. The van der Waals surface area contributed by atoms with E-state index in [4.69, 9.17) is 4.74 Å². The fourth-order valence-corrected chi connectivity index (χ4v) is 2.11. The second kappa shape index (κ2) is 10.4. The van der Waals surface area contributed by atoms with Crippen molar-refractivity contribution in [2.45, 2.75) is 66.7 Å². The Morgan fingerprint density at radius 3 is 2.45 bits per heavy atom. The molecule has 1 heterocycles. The van der Waals surface area contributed by atoms with E-state index in [0.29, 0.717) is 24.3 Å².